The first kappa shape index (κ1) is 23.0. The smallest absolute Gasteiger partial charge is 0.214 e. The molecular weight excluding hydrogens is 438 g/mol. The Hall–Kier alpha value is -3.19. The second-order valence-electron chi connectivity index (χ2n) is 8.19. The van der Waals surface area contributed by atoms with Gasteiger partial charge in [0.15, 0.2) is 0 Å². The second-order valence-corrected chi connectivity index (χ2v) is 10.2. The van der Waals surface area contributed by atoms with Crippen molar-refractivity contribution in [3.63, 3.8) is 0 Å². The standard InChI is InChI=1S/C24H27N5O3S/c25-13-20-7-8-24-21(11-20)15-29(33(31,32)10-4-9-30)23(12-19-5-2-1-3-6-19)17-28(24)16-22-14-26-18-27-22/h1-3,5-8,11,14,18,23,30H,4,9-10,12,15-17H2,(H,26,27). The summed E-state index contributed by atoms with van der Waals surface area (Å²) in [6.45, 7) is 1.01. The quantitative estimate of drug-likeness (QED) is 0.528. The lowest BCUT2D eigenvalue weighted by atomic mass is 10.1. The highest BCUT2D eigenvalue weighted by atomic mass is 32.2. The number of anilines is 1. The lowest BCUT2D eigenvalue weighted by Crippen LogP contribution is -2.46. The van der Waals surface area contributed by atoms with Gasteiger partial charge in [-0.25, -0.2) is 13.4 Å². The molecule has 0 saturated heterocycles. The molecule has 0 saturated carbocycles. The highest BCUT2D eigenvalue weighted by molar-refractivity contribution is 7.89. The third kappa shape index (κ3) is 5.42. The van der Waals surface area contributed by atoms with Crippen LogP contribution in [0.1, 0.15) is 28.8 Å². The second kappa shape index (κ2) is 10.2. The Labute approximate surface area is 194 Å². The minimum Gasteiger partial charge on any atom is -0.396 e. The highest BCUT2D eigenvalue weighted by Crippen LogP contribution is 2.32. The third-order valence-corrected chi connectivity index (χ3v) is 7.81. The topological polar surface area (TPSA) is 113 Å². The van der Waals surface area contributed by atoms with Crippen LogP contribution in [-0.2, 0) is 29.5 Å². The first-order valence-electron chi connectivity index (χ1n) is 10.9. The minimum absolute atomic E-state index is 0.122. The maximum Gasteiger partial charge on any atom is 0.214 e. The number of fused-ring (bicyclic) bond motifs is 1. The van der Waals surface area contributed by atoms with Crippen LogP contribution in [0.4, 0.5) is 5.69 Å². The van der Waals surface area contributed by atoms with Crippen LogP contribution >= 0.6 is 0 Å². The maximum atomic E-state index is 13.4. The molecule has 1 aromatic heterocycles. The number of sulfonamides is 1. The van der Waals surface area contributed by atoms with Crippen LogP contribution in [0.3, 0.4) is 0 Å². The summed E-state index contributed by atoms with van der Waals surface area (Å²) in [5, 5.41) is 18.7. The number of H-pyrrole nitrogens is 1. The summed E-state index contributed by atoms with van der Waals surface area (Å²) in [7, 11) is -3.64. The molecule has 0 bridgehead atoms. The Morgan fingerprint density at radius 1 is 1.21 bits per heavy atom. The fourth-order valence-electron chi connectivity index (χ4n) is 4.30. The van der Waals surface area contributed by atoms with Crippen molar-refractivity contribution in [2.45, 2.75) is 32.0 Å². The molecule has 0 amide bonds. The molecule has 0 aliphatic carbocycles. The van der Waals surface area contributed by atoms with Crippen molar-refractivity contribution in [1.82, 2.24) is 14.3 Å². The van der Waals surface area contributed by atoms with Gasteiger partial charge >= 0.3 is 0 Å². The van der Waals surface area contributed by atoms with E-state index >= 15 is 0 Å². The van der Waals surface area contributed by atoms with Gasteiger partial charge in [0, 0.05) is 37.6 Å². The Balaban J connectivity index is 1.77. The molecule has 1 aliphatic heterocycles. The molecule has 1 atom stereocenters. The van der Waals surface area contributed by atoms with E-state index in [0.717, 1.165) is 22.5 Å². The number of nitrogens with one attached hydrogen (secondary N) is 1. The number of imidazole rings is 1. The number of rotatable bonds is 8. The van der Waals surface area contributed by atoms with E-state index in [4.69, 9.17) is 0 Å². The molecule has 1 unspecified atom stereocenters. The average Bonchev–Trinajstić information content (AvgIpc) is 3.28. The van der Waals surface area contributed by atoms with Gasteiger partial charge in [-0.15, -0.1) is 0 Å². The van der Waals surface area contributed by atoms with Crippen LogP contribution in [-0.4, -0.2) is 52.7 Å². The van der Waals surface area contributed by atoms with Gasteiger partial charge in [0.25, 0.3) is 0 Å². The van der Waals surface area contributed by atoms with Gasteiger partial charge in [-0.3, -0.25) is 0 Å². The normalized spacial score (nSPS) is 16.7. The Morgan fingerprint density at radius 3 is 2.73 bits per heavy atom. The van der Waals surface area contributed by atoms with Gasteiger partial charge in [-0.05, 0) is 42.2 Å². The molecule has 172 valence electrons. The predicted octanol–water partition coefficient (Wildman–Crippen LogP) is 2.43. The zero-order chi connectivity index (χ0) is 23.3. The molecule has 2 aromatic carbocycles. The molecule has 9 heteroatoms. The molecular formula is C24H27N5O3S. The fourth-order valence-corrected chi connectivity index (χ4v) is 5.96. The van der Waals surface area contributed by atoms with E-state index in [9.17, 15) is 18.8 Å². The summed E-state index contributed by atoms with van der Waals surface area (Å²) in [4.78, 5) is 9.39. The predicted molar refractivity (Wildman–Crippen MR) is 126 cm³/mol. The number of aliphatic hydroxyl groups is 1. The van der Waals surface area contributed by atoms with Gasteiger partial charge in [0.05, 0.1) is 36.0 Å². The van der Waals surface area contributed by atoms with Crippen molar-refractivity contribution in [3.05, 3.63) is 83.4 Å². The van der Waals surface area contributed by atoms with Gasteiger partial charge in [0.1, 0.15) is 0 Å². The Kier molecular flexibility index (Phi) is 7.08. The first-order valence-corrected chi connectivity index (χ1v) is 12.5. The summed E-state index contributed by atoms with van der Waals surface area (Å²) in [5.41, 5.74) is 4.15. The molecule has 8 nitrogen and oxygen atoms in total. The maximum absolute atomic E-state index is 13.4. The van der Waals surface area contributed by atoms with Gasteiger partial charge in [-0.2, -0.15) is 9.57 Å². The molecule has 1 aliphatic rings. The van der Waals surface area contributed by atoms with Crippen LogP contribution in [0.25, 0.3) is 0 Å². The third-order valence-electron chi connectivity index (χ3n) is 5.86. The lowest BCUT2D eigenvalue weighted by molar-refractivity contribution is 0.289. The summed E-state index contributed by atoms with van der Waals surface area (Å²) >= 11 is 0. The van der Waals surface area contributed by atoms with Crippen LogP contribution in [0.5, 0.6) is 0 Å². The van der Waals surface area contributed by atoms with Gasteiger partial charge in [-0.1, -0.05) is 30.3 Å². The van der Waals surface area contributed by atoms with E-state index in [1.54, 1.807) is 29.0 Å². The molecule has 0 spiro atoms. The van der Waals surface area contributed by atoms with Crippen LogP contribution < -0.4 is 4.90 Å². The largest absolute Gasteiger partial charge is 0.396 e. The van der Waals surface area contributed by atoms with Crippen molar-refractivity contribution in [2.75, 3.05) is 23.8 Å². The molecule has 3 aromatic rings. The van der Waals surface area contributed by atoms with Crippen molar-refractivity contribution in [1.29, 1.82) is 5.26 Å². The van der Waals surface area contributed by atoms with Gasteiger partial charge < -0.3 is 15.0 Å². The van der Waals surface area contributed by atoms with Crippen molar-refractivity contribution in [2.24, 2.45) is 0 Å². The van der Waals surface area contributed by atoms with Crippen molar-refractivity contribution in [3.8, 4) is 6.07 Å². The average molecular weight is 466 g/mol. The van der Waals surface area contributed by atoms with E-state index in [-0.39, 0.29) is 31.4 Å². The summed E-state index contributed by atoms with van der Waals surface area (Å²) in [5.74, 6) is -0.122. The van der Waals surface area contributed by atoms with Crippen molar-refractivity contribution >= 4 is 15.7 Å². The molecule has 4 rings (SSSR count). The monoisotopic (exact) mass is 465 g/mol. The number of benzene rings is 2. The summed E-state index contributed by atoms with van der Waals surface area (Å²) in [6, 6.07) is 17.1. The molecule has 0 radical (unpaired) electrons. The summed E-state index contributed by atoms with van der Waals surface area (Å²) in [6.07, 6.45) is 4.12. The number of aromatic nitrogens is 2. The molecule has 0 fully saturated rings. The summed E-state index contributed by atoms with van der Waals surface area (Å²) < 4.78 is 28.4. The molecule has 33 heavy (non-hydrogen) atoms. The van der Waals surface area contributed by atoms with E-state index in [1.165, 1.54) is 0 Å². The number of nitrogens with zero attached hydrogens (tertiary/aromatic N) is 4. The highest BCUT2D eigenvalue weighted by Gasteiger charge is 2.35. The molecule has 2 N–H and O–H groups in total. The van der Waals surface area contributed by atoms with Crippen molar-refractivity contribution < 1.29 is 13.5 Å². The SMILES string of the molecule is N#Cc1ccc2c(c1)CN(S(=O)(=O)CCCO)C(Cc1ccccc1)CN2Cc1cnc[nH]1. The van der Waals surface area contributed by atoms with E-state index in [2.05, 4.69) is 20.9 Å². The van der Waals surface area contributed by atoms with Crippen LogP contribution in [0, 0.1) is 11.3 Å². The lowest BCUT2D eigenvalue weighted by Gasteiger charge is -2.32. The number of nitriles is 1. The Bertz CT molecular complexity index is 1210. The van der Waals surface area contributed by atoms with Crippen LogP contribution in [0.2, 0.25) is 0 Å². The number of aliphatic hydroxyl groups excluding tert-OH is 1. The minimum atomic E-state index is -3.64. The zero-order valence-electron chi connectivity index (χ0n) is 18.3. The van der Waals surface area contributed by atoms with E-state index < -0.39 is 10.0 Å². The number of hydrogen-bond acceptors (Lipinski definition) is 6. The molecule has 2 heterocycles. The van der Waals surface area contributed by atoms with E-state index in [1.807, 2.05) is 36.4 Å². The Morgan fingerprint density at radius 2 is 2.03 bits per heavy atom. The number of hydrogen-bond donors (Lipinski definition) is 2. The van der Waals surface area contributed by atoms with Gasteiger partial charge in [0.2, 0.25) is 10.0 Å². The van der Waals surface area contributed by atoms with E-state index in [0.29, 0.717) is 25.1 Å². The first-order chi connectivity index (χ1) is 16.0. The van der Waals surface area contributed by atoms with Crippen LogP contribution in [0.15, 0.2) is 61.1 Å². The number of aromatic amines is 1. The zero-order valence-corrected chi connectivity index (χ0v) is 19.1. The fraction of sp³-hybridized carbons (Fsp3) is 0.333.